The van der Waals surface area contributed by atoms with E-state index in [0.29, 0.717) is 11.2 Å². The Labute approximate surface area is 122 Å². The molecule has 0 aliphatic heterocycles. The molecule has 20 heavy (non-hydrogen) atoms. The van der Waals surface area contributed by atoms with Crippen molar-refractivity contribution in [2.24, 2.45) is 0 Å². The van der Waals surface area contributed by atoms with Crippen molar-refractivity contribution in [1.29, 1.82) is 0 Å². The van der Waals surface area contributed by atoms with E-state index in [1.54, 1.807) is 6.26 Å². The minimum Gasteiger partial charge on any atom is -0.481 e. The summed E-state index contributed by atoms with van der Waals surface area (Å²) in [4.78, 5) is 18.2. The zero-order valence-corrected chi connectivity index (χ0v) is 12.0. The second-order valence-corrected chi connectivity index (χ2v) is 5.15. The van der Waals surface area contributed by atoms with Gasteiger partial charge in [-0.25, -0.2) is 4.98 Å². The summed E-state index contributed by atoms with van der Waals surface area (Å²) in [7, 11) is 0. The van der Waals surface area contributed by atoms with Gasteiger partial charge in [-0.2, -0.15) is 0 Å². The van der Waals surface area contributed by atoms with Crippen LogP contribution in [0.1, 0.15) is 12.1 Å². The second kappa shape index (κ2) is 5.13. The molecule has 0 fully saturated rings. The highest BCUT2D eigenvalue weighted by atomic mass is 79.9. The van der Waals surface area contributed by atoms with Crippen LogP contribution in [0.15, 0.2) is 39.7 Å². The molecule has 0 spiro atoms. The fraction of sp³-hybridized carbons (Fsp3) is 0.143. The first-order valence-corrected chi connectivity index (χ1v) is 6.87. The monoisotopic (exact) mass is 334 g/mol. The van der Waals surface area contributed by atoms with Gasteiger partial charge in [-0.1, -0.05) is 18.2 Å². The molecule has 2 N–H and O–H groups in total. The number of hydrogen-bond acceptors (Lipinski definition) is 3. The van der Waals surface area contributed by atoms with Crippen molar-refractivity contribution >= 4 is 32.9 Å². The predicted molar refractivity (Wildman–Crippen MR) is 77.5 cm³/mol. The number of aromatic amines is 1. The molecule has 0 radical (unpaired) electrons. The Hall–Kier alpha value is -2.08. The fourth-order valence-corrected chi connectivity index (χ4v) is 2.59. The van der Waals surface area contributed by atoms with Crippen molar-refractivity contribution in [2.75, 3.05) is 0 Å². The van der Waals surface area contributed by atoms with Crippen LogP contribution in [0, 0.1) is 0 Å². The molecule has 1 aromatic carbocycles. The summed E-state index contributed by atoms with van der Waals surface area (Å²) < 4.78 is 6.09. The lowest BCUT2D eigenvalue weighted by Crippen LogP contribution is -1.98. The number of nitrogens with one attached hydrogen (secondary N) is 1. The molecule has 0 aliphatic carbocycles. The number of carboxylic acids is 1. The normalized spacial score (nSPS) is 11.1. The van der Waals surface area contributed by atoms with Crippen molar-refractivity contribution in [3.05, 3.63) is 41.0 Å². The van der Waals surface area contributed by atoms with Gasteiger partial charge >= 0.3 is 5.97 Å². The van der Waals surface area contributed by atoms with Crippen molar-refractivity contribution in [1.82, 2.24) is 9.97 Å². The third-order valence-corrected chi connectivity index (χ3v) is 3.45. The Morgan fingerprint density at radius 3 is 3.00 bits per heavy atom. The van der Waals surface area contributed by atoms with E-state index in [1.807, 2.05) is 24.3 Å². The zero-order valence-electron chi connectivity index (χ0n) is 10.4. The minimum absolute atomic E-state index is 0.0530. The molecule has 2 heterocycles. The summed E-state index contributed by atoms with van der Waals surface area (Å²) in [5, 5.41) is 9.77. The number of aryl methyl sites for hydroxylation is 1. The largest absolute Gasteiger partial charge is 0.481 e. The maximum atomic E-state index is 10.7. The number of nitrogens with zero attached hydrogens (tertiary/aromatic N) is 1. The van der Waals surface area contributed by atoms with Crippen molar-refractivity contribution in [3.8, 4) is 11.3 Å². The van der Waals surface area contributed by atoms with Gasteiger partial charge in [0, 0.05) is 23.1 Å². The van der Waals surface area contributed by atoms with Gasteiger partial charge in [0.2, 0.25) is 0 Å². The van der Waals surface area contributed by atoms with Gasteiger partial charge in [0.1, 0.15) is 11.8 Å². The molecule has 0 unspecified atom stereocenters. The fourth-order valence-electron chi connectivity index (χ4n) is 2.17. The van der Waals surface area contributed by atoms with Crippen LogP contribution in [-0.2, 0) is 11.2 Å². The van der Waals surface area contributed by atoms with Gasteiger partial charge in [0.25, 0.3) is 0 Å². The molecule has 0 aliphatic rings. The van der Waals surface area contributed by atoms with Crippen LogP contribution in [0.4, 0.5) is 0 Å². The van der Waals surface area contributed by atoms with Gasteiger partial charge < -0.3 is 14.5 Å². The first-order valence-electron chi connectivity index (χ1n) is 6.08. The van der Waals surface area contributed by atoms with Crippen molar-refractivity contribution in [3.63, 3.8) is 0 Å². The van der Waals surface area contributed by atoms with Gasteiger partial charge in [0.05, 0.1) is 12.1 Å². The molecule has 0 saturated carbocycles. The molecular weight excluding hydrogens is 324 g/mol. The lowest BCUT2D eigenvalue weighted by Gasteiger charge is -1.99. The highest BCUT2D eigenvalue weighted by Gasteiger charge is 2.16. The van der Waals surface area contributed by atoms with Gasteiger partial charge in [0.15, 0.2) is 4.73 Å². The number of carbonyl (C=O) groups is 1. The van der Waals surface area contributed by atoms with Crippen LogP contribution < -0.4 is 0 Å². The number of para-hydroxylation sites is 1. The number of hydrogen-bond donors (Lipinski definition) is 2. The smallest absolute Gasteiger partial charge is 0.303 e. The van der Waals surface area contributed by atoms with E-state index in [1.165, 1.54) is 0 Å². The van der Waals surface area contributed by atoms with Crippen LogP contribution in [0.3, 0.4) is 0 Å². The standard InChI is InChI=1S/C14H11BrN2O3/c15-14-16-10(5-6-12(18)19)13(17-14)9-7-20-11-4-2-1-3-8(9)11/h1-4,7H,5-6H2,(H,16,17)(H,18,19). The third kappa shape index (κ3) is 2.34. The number of furan rings is 1. The lowest BCUT2D eigenvalue weighted by molar-refractivity contribution is -0.136. The van der Waals surface area contributed by atoms with E-state index >= 15 is 0 Å². The summed E-state index contributed by atoms with van der Waals surface area (Å²) in [5.74, 6) is -0.835. The maximum Gasteiger partial charge on any atom is 0.303 e. The van der Waals surface area contributed by atoms with Gasteiger partial charge in [-0.05, 0) is 22.0 Å². The summed E-state index contributed by atoms with van der Waals surface area (Å²) in [6.45, 7) is 0. The summed E-state index contributed by atoms with van der Waals surface area (Å²) >= 11 is 3.29. The first kappa shape index (κ1) is 12.9. The van der Waals surface area contributed by atoms with E-state index in [2.05, 4.69) is 25.9 Å². The molecule has 102 valence electrons. The highest BCUT2D eigenvalue weighted by molar-refractivity contribution is 9.10. The molecule has 2 aromatic heterocycles. The summed E-state index contributed by atoms with van der Waals surface area (Å²) in [5.41, 5.74) is 3.16. The van der Waals surface area contributed by atoms with Crippen LogP contribution in [0.2, 0.25) is 0 Å². The first-order chi connectivity index (χ1) is 9.65. The van der Waals surface area contributed by atoms with Crippen LogP contribution >= 0.6 is 15.9 Å². The minimum atomic E-state index is -0.835. The van der Waals surface area contributed by atoms with Crippen LogP contribution in [-0.4, -0.2) is 21.0 Å². The number of fused-ring (bicyclic) bond motifs is 1. The molecular formula is C14H11BrN2O3. The topological polar surface area (TPSA) is 79.1 Å². The number of carboxylic acid groups (broad SMARTS) is 1. The van der Waals surface area contributed by atoms with E-state index in [0.717, 1.165) is 27.9 Å². The Kier molecular flexibility index (Phi) is 3.31. The molecule has 6 heteroatoms. The van der Waals surface area contributed by atoms with Gasteiger partial charge in [-0.15, -0.1) is 0 Å². The van der Waals surface area contributed by atoms with Gasteiger partial charge in [-0.3, -0.25) is 4.79 Å². The Bertz CT molecular complexity index is 776. The molecule has 0 amide bonds. The predicted octanol–water partition coefficient (Wildman–Crippen LogP) is 3.60. The number of aromatic nitrogens is 2. The zero-order chi connectivity index (χ0) is 14.1. The second-order valence-electron chi connectivity index (χ2n) is 4.39. The Balaban J connectivity index is 2.07. The third-order valence-electron chi connectivity index (χ3n) is 3.07. The quantitative estimate of drug-likeness (QED) is 0.763. The highest BCUT2D eigenvalue weighted by Crippen LogP contribution is 2.32. The van der Waals surface area contributed by atoms with E-state index < -0.39 is 5.97 Å². The average Bonchev–Trinajstić information content (AvgIpc) is 2.99. The number of aliphatic carboxylic acids is 1. The Morgan fingerprint density at radius 2 is 2.20 bits per heavy atom. The van der Waals surface area contributed by atoms with Crippen molar-refractivity contribution < 1.29 is 14.3 Å². The van der Waals surface area contributed by atoms with Crippen molar-refractivity contribution in [2.45, 2.75) is 12.8 Å². The summed E-state index contributed by atoms with van der Waals surface area (Å²) in [6.07, 6.45) is 2.09. The molecule has 0 bridgehead atoms. The number of rotatable bonds is 4. The van der Waals surface area contributed by atoms with Crippen LogP contribution in [0.5, 0.6) is 0 Å². The van der Waals surface area contributed by atoms with Crippen LogP contribution in [0.25, 0.3) is 22.2 Å². The van der Waals surface area contributed by atoms with E-state index in [4.69, 9.17) is 9.52 Å². The number of H-pyrrole nitrogens is 1. The lowest BCUT2D eigenvalue weighted by atomic mass is 10.1. The number of imidazole rings is 1. The average molecular weight is 335 g/mol. The molecule has 5 nitrogen and oxygen atoms in total. The molecule has 3 aromatic rings. The molecule has 0 atom stereocenters. The van der Waals surface area contributed by atoms with E-state index in [-0.39, 0.29) is 6.42 Å². The Morgan fingerprint density at radius 1 is 1.40 bits per heavy atom. The molecule has 0 saturated heterocycles. The SMILES string of the molecule is O=C(O)CCc1[nH]c(Br)nc1-c1coc2ccccc12. The molecule has 3 rings (SSSR count). The maximum absolute atomic E-state index is 10.7. The number of halogens is 1. The van der Waals surface area contributed by atoms with E-state index in [9.17, 15) is 4.79 Å². The number of benzene rings is 1. The summed E-state index contributed by atoms with van der Waals surface area (Å²) in [6, 6.07) is 7.68.